The average Bonchev–Trinajstić information content (AvgIpc) is 3.02. The number of anilines is 1. The molecule has 0 saturated heterocycles. The maximum Gasteiger partial charge on any atom is 0.322 e. The maximum absolute atomic E-state index is 12.4. The lowest BCUT2D eigenvalue weighted by Crippen LogP contribution is -2.33. The van der Waals surface area contributed by atoms with Gasteiger partial charge in [-0.15, -0.1) is 0 Å². The van der Waals surface area contributed by atoms with Crippen LogP contribution in [0.5, 0.6) is 0 Å². The Morgan fingerprint density at radius 2 is 1.91 bits per heavy atom. The first-order valence-corrected chi connectivity index (χ1v) is 6.89. The van der Waals surface area contributed by atoms with E-state index in [9.17, 15) is 4.79 Å². The molecule has 2 aromatic heterocycles. The Balaban J connectivity index is 1.73. The molecule has 0 spiro atoms. The first-order valence-electron chi connectivity index (χ1n) is 6.89. The molecule has 0 aliphatic carbocycles. The molecule has 1 atom stereocenters. The number of amides is 2. The average molecular weight is 296 g/mol. The number of nitrogens with one attached hydrogen (secondary N) is 2. The summed E-state index contributed by atoms with van der Waals surface area (Å²) >= 11 is 0. The number of carbonyl (C=O) groups excluding carboxylic acids is 1. The number of nitrogens with zero attached hydrogens (tertiary/aromatic N) is 4. The van der Waals surface area contributed by atoms with Crippen molar-refractivity contribution in [2.75, 3.05) is 12.4 Å². The van der Waals surface area contributed by atoms with Gasteiger partial charge in [0.1, 0.15) is 11.0 Å². The van der Waals surface area contributed by atoms with Gasteiger partial charge < -0.3 is 10.2 Å². The summed E-state index contributed by atoms with van der Waals surface area (Å²) in [5.41, 5.74) is 3.18. The lowest BCUT2D eigenvalue weighted by molar-refractivity contribution is 0.208. The summed E-state index contributed by atoms with van der Waals surface area (Å²) in [6.07, 6.45) is 3.44. The Bertz CT molecular complexity index is 785. The van der Waals surface area contributed by atoms with E-state index in [-0.39, 0.29) is 12.1 Å². The summed E-state index contributed by atoms with van der Waals surface area (Å²) in [6.45, 7) is 1.97. The zero-order valence-electron chi connectivity index (χ0n) is 12.3. The van der Waals surface area contributed by atoms with Gasteiger partial charge in [-0.2, -0.15) is 15.4 Å². The number of fused-ring (bicyclic) bond motifs is 1. The molecule has 7 nitrogen and oxygen atoms in total. The zero-order chi connectivity index (χ0) is 15.5. The van der Waals surface area contributed by atoms with Crippen molar-refractivity contribution in [2.24, 2.45) is 0 Å². The highest BCUT2D eigenvalue weighted by Gasteiger charge is 2.17. The van der Waals surface area contributed by atoms with Crippen molar-refractivity contribution in [3.63, 3.8) is 0 Å². The van der Waals surface area contributed by atoms with Gasteiger partial charge in [0.05, 0.1) is 6.04 Å². The van der Waals surface area contributed by atoms with Crippen LogP contribution in [0.1, 0.15) is 18.5 Å². The smallest absolute Gasteiger partial charge is 0.321 e. The van der Waals surface area contributed by atoms with Crippen LogP contribution in [0.2, 0.25) is 0 Å². The number of benzene rings is 1. The maximum atomic E-state index is 12.4. The van der Waals surface area contributed by atoms with Crippen LogP contribution in [0.3, 0.4) is 0 Å². The van der Waals surface area contributed by atoms with Crippen molar-refractivity contribution in [2.45, 2.75) is 13.0 Å². The molecular formula is C15H16N6O. The fraction of sp³-hybridized carbons (Fsp3) is 0.200. The van der Waals surface area contributed by atoms with E-state index in [1.54, 1.807) is 42.5 Å². The summed E-state index contributed by atoms with van der Waals surface area (Å²) < 4.78 is 0. The van der Waals surface area contributed by atoms with E-state index in [0.717, 1.165) is 11.1 Å². The van der Waals surface area contributed by atoms with Crippen LogP contribution in [-0.4, -0.2) is 38.4 Å². The van der Waals surface area contributed by atoms with Gasteiger partial charge >= 0.3 is 6.03 Å². The summed E-state index contributed by atoms with van der Waals surface area (Å²) in [4.78, 5) is 18.0. The van der Waals surface area contributed by atoms with Crippen molar-refractivity contribution in [3.05, 3.63) is 48.3 Å². The number of hydrogen-bond acceptors (Lipinski definition) is 4. The number of aromatic amines is 1. The molecule has 1 aromatic carbocycles. The second-order valence-electron chi connectivity index (χ2n) is 5.02. The SMILES string of the molecule is CC(c1ccncc1)N(C)C(=O)Nc1ccc2n[nH]nc2c1. The number of urea groups is 1. The van der Waals surface area contributed by atoms with E-state index in [0.29, 0.717) is 11.2 Å². The molecule has 112 valence electrons. The highest BCUT2D eigenvalue weighted by Crippen LogP contribution is 2.20. The third-order valence-electron chi connectivity index (χ3n) is 3.66. The molecule has 2 heterocycles. The third-order valence-corrected chi connectivity index (χ3v) is 3.66. The van der Waals surface area contributed by atoms with Gasteiger partial charge in [0.15, 0.2) is 0 Å². The molecule has 2 amide bonds. The van der Waals surface area contributed by atoms with Crippen LogP contribution in [-0.2, 0) is 0 Å². The van der Waals surface area contributed by atoms with Gasteiger partial charge in [-0.25, -0.2) is 4.79 Å². The summed E-state index contributed by atoms with van der Waals surface area (Å²) in [6, 6.07) is 8.94. The Hall–Kier alpha value is -2.96. The molecular weight excluding hydrogens is 280 g/mol. The molecule has 0 aliphatic heterocycles. The van der Waals surface area contributed by atoms with Crippen molar-refractivity contribution in [1.29, 1.82) is 0 Å². The summed E-state index contributed by atoms with van der Waals surface area (Å²) in [5.74, 6) is 0. The predicted molar refractivity (Wildman–Crippen MR) is 83.3 cm³/mol. The minimum atomic E-state index is -0.188. The molecule has 22 heavy (non-hydrogen) atoms. The standard InChI is InChI=1S/C15H16N6O/c1-10(11-5-7-16-8-6-11)21(2)15(22)17-12-3-4-13-14(9-12)19-20-18-13/h3-10H,1-2H3,(H,17,22)(H,18,19,20). The van der Waals surface area contributed by atoms with Crippen LogP contribution >= 0.6 is 0 Å². The second kappa shape index (κ2) is 5.80. The molecule has 3 aromatic rings. The molecule has 0 aliphatic rings. The zero-order valence-corrected chi connectivity index (χ0v) is 12.3. The van der Waals surface area contributed by atoms with E-state index < -0.39 is 0 Å². The summed E-state index contributed by atoms with van der Waals surface area (Å²) in [7, 11) is 1.76. The highest BCUT2D eigenvalue weighted by molar-refractivity contribution is 5.91. The molecule has 0 fully saturated rings. The quantitative estimate of drug-likeness (QED) is 0.777. The Morgan fingerprint density at radius 3 is 2.68 bits per heavy atom. The van der Waals surface area contributed by atoms with Gasteiger partial charge in [0.2, 0.25) is 0 Å². The van der Waals surface area contributed by atoms with Gasteiger partial charge in [0.25, 0.3) is 0 Å². The van der Waals surface area contributed by atoms with Crippen molar-refractivity contribution < 1.29 is 4.79 Å². The minimum Gasteiger partial charge on any atom is -0.321 e. The van der Waals surface area contributed by atoms with Gasteiger partial charge in [-0.1, -0.05) is 0 Å². The fourth-order valence-corrected chi connectivity index (χ4v) is 2.17. The minimum absolute atomic E-state index is 0.0567. The molecule has 3 rings (SSSR count). The largest absolute Gasteiger partial charge is 0.322 e. The van der Waals surface area contributed by atoms with Crippen molar-refractivity contribution in [3.8, 4) is 0 Å². The number of rotatable bonds is 3. The summed E-state index contributed by atoms with van der Waals surface area (Å²) in [5, 5.41) is 13.4. The van der Waals surface area contributed by atoms with Crippen LogP contribution in [0, 0.1) is 0 Å². The van der Waals surface area contributed by atoms with Crippen molar-refractivity contribution >= 4 is 22.8 Å². The number of carbonyl (C=O) groups is 1. The Kier molecular flexibility index (Phi) is 3.69. The normalized spacial score (nSPS) is 12.1. The van der Waals surface area contributed by atoms with Crippen LogP contribution in [0.25, 0.3) is 11.0 Å². The van der Waals surface area contributed by atoms with E-state index in [4.69, 9.17) is 0 Å². The van der Waals surface area contributed by atoms with Crippen LogP contribution < -0.4 is 5.32 Å². The lowest BCUT2D eigenvalue weighted by atomic mass is 10.1. The van der Waals surface area contributed by atoms with Gasteiger partial charge in [0, 0.05) is 25.1 Å². The monoisotopic (exact) mass is 296 g/mol. The molecule has 0 radical (unpaired) electrons. The molecule has 0 bridgehead atoms. The Morgan fingerprint density at radius 1 is 1.18 bits per heavy atom. The molecule has 1 unspecified atom stereocenters. The second-order valence-corrected chi connectivity index (χ2v) is 5.02. The van der Waals surface area contributed by atoms with E-state index in [1.165, 1.54) is 0 Å². The topological polar surface area (TPSA) is 86.8 Å². The predicted octanol–water partition coefficient (Wildman–Crippen LogP) is 2.58. The first-order chi connectivity index (χ1) is 10.6. The third kappa shape index (κ3) is 2.73. The van der Waals surface area contributed by atoms with Crippen molar-refractivity contribution in [1.82, 2.24) is 25.3 Å². The van der Waals surface area contributed by atoms with Crippen LogP contribution in [0.15, 0.2) is 42.7 Å². The molecule has 0 saturated carbocycles. The number of hydrogen-bond donors (Lipinski definition) is 2. The number of aromatic nitrogens is 4. The van der Waals surface area contributed by atoms with E-state index in [1.807, 2.05) is 19.1 Å². The van der Waals surface area contributed by atoms with Gasteiger partial charge in [-0.3, -0.25) is 4.98 Å². The number of pyridine rings is 1. The van der Waals surface area contributed by atoms with Gasteiger partial charge in [-0.05, 0) is 42.8 Å². The molecule has 2 N–H and O–H groups in total. The Labute approximate surface area is 127 Å². The van der Waals surface area contributed by atoms with Crippen LogP contribution in [0.4, 0.5) is 10.5 Å². The lowest BCUT2D eigenvalue weighted by Gasteiger charge is -2.25. The fourth-order valence-electron chi connectivity index (χ4n) is 2.17. The highest BCUT2D eigenvalue weighted by atomic mass is 16.2. The molecule has 7 heteroatoms. The van der Waals surface area contributed by atoms with E-state index >= 15 is 0 Å². The number of H-pyrrole nitrogens is 1. The van der Waals surface area contributed by atoms with E-state index in [2.05, 4.69) is 25.7 Å². The first kappa shape index (κ1) is 14.0.